The number of carbonyl (C=O) groups excluding carboxylic acids is 1. The van der Waals surface area contributed by atoms with E-state index in [1.165, 1.54) is 34.8 Å². The monoisotopic (exact) mass is 457 g/mol. The highest BCUT2D eigenvalue weighted by Gasteiger charge is 2.35. The van der Waals surface area contributed by atoms with Crippen molar-refractivity contribution in [3.8, 4) is 5.88 Å². The Morgan fingerprint density at radius 1 is 1.24 bits per heavy atom. The quantitative estimate of drug-likeness (QED) is 0.700. The normalized spacial score (nSPS) is 16.8. The molecule has 0 saturated carbocycles. The van der Waals surface area contributed by atoms with Gasteiger partial charge in [-0.25, -0.2) is 13.4 Å². The molecule has 0 aliphatic carbocycles. The van der Waals surface area contributed by atoms with Crippen LogP contribution in [0.4, 0.5) is 5.69 Å². The van der Waals surface area contributed by atoms with Crippen LogP contribution in [-0.2, 0) is 14.8 Å². The molecule has 0 unspecified atom stereocenters. The highest BCUT2D eigenvalue weighted by atomic mass is 35.5. The molecule has 11 heteroatoms. The average molecular weight is 458 g/mol. The minimum Gasteiger partial charge on any atom is -0.474 e. The van der Waals surface area contributed by atoms with Crippen LogP contribution in [-0.4, -0.2) is 63.7 Å². The van der Waals surface area contributed by atoms with Gasteiger partial charge in [0.05, 0.1) is 33.2 Å². The summed E-state index contributed by atoms with van der Waals surface area (Å²) in [5, 5.41) is 0.389. The molecule has 2 aromatic rings. The predicted molar refractivity (Wildman–Crippen MR) is 107 cm³/mol. The highest BCUT2D eigenvalue weighted by Crippen LogP contribution is 2.36. The zero-order valence-electron chi connectivity index (χ0n) is 15.3. The maximum atomic E-state index is 13.2. The summed E-state index contributed by atoms with van der Waals surface area (Å²) < 4.78 is 38.3. The van der Waals surface area contributed by atoms with Gasteiger partial charge in [0, 0.05) is 26.4 Å². The molecule has 4 rings (SSSR count). The van der Waals surface area contributed by atoms with Gasteiger partial charge in [-0.05, 0) is 24.3 Å². The molecular weight excluding hydrogens is 441 g/mol. The number of hydrogen-bond acceptors (Lipinski definition) is 6. The summed E-state index contributed by atoms with van der Waals surface area (Å²) in [7, 11) is -2.36. The van der Waals surface area contributed by atoms with Gasteiger partial charge < -0.3 is 14.4 Å². The Labute approximate surface area is 178 Å². The van der Waals surface area contributed by atoms with Gasteiger partial charge in [0.2, 0.25) is 5.88 Å². The Morgan fingerprint density at radius 3 is 2.69 bits per heavy atom. The van der Waals surface area contributed by atoms with Crippen molar-refractivity contribution < 1.29 is 22.7 Å². The van der Waals surface area contributed by atoms with Crippen molar-refractivity contribution in [1.29, 1.82) is 0 Å². The molecule has 1 fully saturated rings. The van der Waals surface area contributed by atoms with Crippen LogP contribution in [0.15, 0.2) is 35.4 Å². The molecule has 29 heavy (non-hydrogen) atoms. The largest absolute Gasteiger partial charge is 0.474 e. The Bertz CT molecular complexity index is 1070. The van der Waals surface area contributed by atoms with E-state index in [0.29, 0.717) is 13.1 Å². The second kappa shape index (κ2) is 7.64. The summed E-state index contributed by atoms with van der Waals surface area (Å²) in [5.74, 6) is -0.0964. The molecular formula is C18H17Cl2N3O5S. The number of methoxy groups -OCH3 is 1. The van der Waals surface area contributed by atoms with Crippen molar-refractivity contribution >= 4 is 44.8 Å². The second-order valence-corrected chi connectivity index (χ2v) is 9.29. The Balaban J connectivity index is 1.68. The van der Waals surface area contributed by atoms with Gasteiger partial charge in [-0.2, -0.15) is 0 Å². The number of aromatic nitrogens is 1. The van der Waals surface area contributed by atoms with Crippen molar-refractivity contribution in [2.75, 3.05) is 37.7 Å². The smallest absolute Gasteiger partial charge is 0.264 e. The molecule has 0 N–H and O–H groups in total. The third kappa shape index (κ3) is 3.63. The van der Waals surface area contributed by atoms with Crippen LogP contribution in [0.25, 0.3) is 0 Å². The van der Waals surface area contributed by atoms with E-state index in [9.17, 15) is 13.2 Å². The van der Waals surface area contributed by atoms with E-state index in [1.807, 2.05) is 0 Å². The summed E-state index contributed by atoms with van der Waals surface area (Å²) in [6.07, 6.45) is 1.40. The van der Waals surface area contributed by atoms with E-state index in [-0.39, 0.29) is 57.2 Å². The van der Waals surface area contributed by atoms with Gasteiger partial charge in [0.25, 0.3) is 15.9 Å². The first-order chi connectivity index (χ1) is 13.8. The number of halogens is 2. The van der Waals surface area contributed by atoms with E-state index in [0.717, 1.165) is 0 Å². The van der Waals surface area contributed by atoms with Crippen LogP contribution in [0, 0.1) is 0 Å². The Kier molecular flexibility index (Phi) is 5.32. The number of fused-ring (bicyclic) bond motifs is 1. The van der Waals surface area contributed by atoms with Crippen molar-refractivity contribution in [3.63, 3.8) is 0 Å². The van der Waals surface area contributed by atoms with Gasteiger partial charge in [-0.3, -0.25) is 9.10 Å². The van der Waals surface area contributed by atoms with E-state index < -0.39 is 10.0 Å². The molecule has 154 valence electrons. The molecule has 0 radical (unpaired) electrons. The predicted octanol–water partition coefficient (Wildman–Crippen LogP) is 2.45. The third-order valence-electron chi connectivity index (χ3n) is 4.83. The standard InChI is InChI=1S/C18H17Cl2N3O5S/c1-27-12-9-22(10-12)18(24)11-6-16-17(21-8-11)28-5-4-23(16)29(25,26)13-2-3-14(19)15(20)7-13/h2-3,6-8,12H,4-5,9-10H2,1H3. The van der Waals surface area contributed by atoms with E-state index >= 15 is 0 Å². The van der Waals surface area contributed by atoms with Crippen molar-refractivity contribution in [1.82, 2.24) is 9.88 Å². The van der Waals surface area contributed by atoms with Crippen LogP contribution in [0.2, 0.25) is 10.0 Å². The average Bonchev–Trinajstić information content (AvgIpc) is 2.68. The number of amides is 1. The van der Waals surface area contributed by atoms with E-state index in [2.05, 4.69) is 4.98 Å². The molecule has 2 aliphatic heterocycles. The molecule has 0 spiro atoms. The maximum Gasteiger partial charge on any atom is 0.264 e. The van der Waals surface area contributed by atoms with Gasteiger partial charge in [0.15, 0.2) is 0 Å². The minimum absolute atomic E-state index is 0.0119. The first-order valence-electron chi connectivity index (χ1n) is 8.74. The lowest BCUT2D eigenvalue weighted by Gasteiger charge is -2.38. The third-order valence-corrected chi connectivity index (χ3v) is 7.38. The van der Waals surface area contributed by atoms with Gasteiger partial charge in [0.1, 0.15) is 12.3 Å². The number of rotatable bonds is 4. The number of pyridine rings is 1. The zero-order valence-corrected chi connectivity index (χ0v) is 17.7. The van der Waals surface area contributed by atoms with E-state index in [1.54, 1.807) is 12.0 Å². The number of anilines is 1. The Morgan fingerprint density at radius 2 is 2.00 bits per heavy atom. The van der Waals surface area contributed by atoms with Gasteiger partial charge in [-0.15, -0.1) is 0 Å². The lowest BCUT2D eigenvalue weighted by molar-refractivity contribution is -0.0192. The number of sulfonamides is 1. The molecule has 0 bridgehead atoms. The van der Waals surface area contributed by atoms with Crippen molar-refractivity contribution in [2.45, 2.75) is 11.0 Å². The number of hydrogen-bond donors (Lipinski definition) is 0. The SMILES string of the molecule is COC1CN(C(=O)c2cnc3c(c2)N(S(=O)(=O)c2ccc(Cl)c(Cl)c2)CCO3)C1. The molecule has 2 aliphatic rings. The van der Waals surface area contributed by atoms with Crippen LogP contribution in [0.5, 0.6) is 5.88 Å². The van der Waals surface area contributed by atoms with Crippen molar-refractivity contribution in [2.24, 2.45) is 0 Å². The summed E-state index contributed by atoms with van der Waals surface area (Å²) in [6, 6.07) is 5.58. The number of benzene rings is 1. The summed E-state index contributed by atoms with van der Waals surface area (Å²) >= 11 is 11.9. The van der Waals surface area contributed by atoms with Crippen LogP contribution in [0.3, 0.4) is 0 Å². The van der Waals surface area contributed by atoms with Crippen LogP contribution >= 0.6 is 23.2 Å². The first-order valence-corrected chi connectivity index (χ1v) is 10.9. The molecule has 1 amide bonds. The minimum atomic E-state index is -3.96. The fraction of sp³-hybridized carbons (Fsp3) is 0.333. The first kappa shape index (κ1) is 20.2. The topological polar surface area (TPSA) is 89.0 Å². The fourth-order valence-electron chi connectivity index (χ4n) is 3.14. The Hall–Kier alpha value is -2.07. The van der Waals surface area contributed by atoms with Gasteiger partial charge in [-0.1, -0.05) is 23.2 Å². The lowest BCUT2D eigenvalue weighted by Crippen LogP contribution is -2.54. The highest BCUT2D eigenvalue weighted by molar-refractivity contribution is 7.92. The maximum absolute atomic E-state index is 13.2. The number of ether oxygens (including phenoxy) is 2. The molecule has 1 aromatic carbocycles. The van der Waals surface area contributed by atoms with Crippen LogP contribution < -0.4 is 9.04 Å². The van der Waals surface area contributed by atoms with Crippen molar-refractivity contribution in [3.05, 3.63) is 46.1 Å². The molecule has 8 nitrogen and oxygen atoms in total. The lowest BCUT2D eigenvalue weighted by atomic mass is 10.1. The molecule has 3 heterocycles. The molecule has 1 aromatic heterocycles. The van der Waals surface area contributed by atoms with Gasteiger partial charge >= 0.3 is 0 Å². The number of likely N-dealkylation sites (tertiary alicyclic amines) is 1. The number of carbonyl (C=O) groups is 1. The fourth-order valence-corrected chi connectivity index (χ4v) is 4.97. The summed E-state index contributed by atoms with van der Waals surface area (Å²) in [4.78, 5) is 18.4. The molecule has 1 saturated heterocycles. The second-order valence-electron chi connectivity index (χ2n) is 6.62. The van der Waals surface area contributed by atoms with E-state index in [4.69, 9.17) is 32.7 Å². The van der Waals surface area contributed by atoms with Crippen LogP contribution in [0.1, 0.15) is 10.4 Å². The summed E-state index contributed by atoms with van der Waals surface area (Å²) in [5.41, 5.74) is 0.482. The molecule has 0 atom stereocenters. The zero-order chi connectivity index (χ0) is 20.8. The summed E-state index contributed by atoms with van der Waals surface area (Å²) in [6.45, 7) is 1.17. The number of nitrogens with zero attached hydrogens (tertiary/aromatic N) is 3.